The lowest BCUT2D eigenvalue weighted by Gasteiger charge is -2.52. The molecule has 3 fully saturated rings. The molecule has 0 spiro atoms. The number of rotatable bonds is 14. The fourth-order valence-electron chi connectivity index (χ4n) is 8.50. The molecule has 3 aliphatic heterocycles. The maximum atomic E-state index is 13.4. The van der Waals surface area contributed by atoms with Crippen LogP contribution in [0.4, 0.5) is 10.1 Å². The summed E-state index contributed by atoms with van der Waals surface area (Å²) in [6.07, 6.45) is 7.04. The van der Waals surface area contributed by atoms with Crippen molar-refractivity contribution in [2.45, 2.75) is 37.5 Å². The molecule has 0 radical (unpaired) electrons. The van der Waals surface area contributed by atoms with E-state index >= 15 is 0 Å². The number of phenols is 1. The number of benzene rings is 3. The summed E-state index contributed by atoms with van der Waals surface area (Å²) in [5.41, 5.74) is -0.146. The van der Waals surface area contributed by atoms with Crippen molar-refractivity contribution in [1.29, 1.82) is 0 Å². The summed E-state index contributed by atoms with van der Waals surface area (Å²) in [4.78, 5) is 44.0. The third-order valence-electron chi connectivity index (χ3n) is 11.8. The van der Waals surface area contributed by atoms with Gasteiger partial charge in [0, 0.05) is 61.2 Å². The molecule has 10 rings (SSSR count). The number of ether oxygens (including phenoxy) is 2. The summed E-state index contributed by atoms with van der Waals surface area (Å²) in [7, 11) is 0. The van der Waals surface area contributed by atoms with Crippen molar-refractivity contribution in [3.8, 4) is 11.5 Å². The van der Waals surface area contributed by atoms with Crippen LogP contribution in [0, 0.1) is 11.7 Å². The largest absolute Gasteiger partial charge is 1.00 e. The minimum Gasteiger partial charge on any atom is -1.00 e. The zero-order valence-corrected chi connectivity index (χ0v) is 39.5. The van der Waals surface area contributed by atoms with Gasteiger partial charge in [-0.1, -0.05) is 65.7 Å². The van der Waals surface area contributed by atoms with Crippen LogP contribution in [0.25, 0.3) is 10.9 Å². The monoisotopic (exact) mass is 1020 g/mol. The number of hydrogen-bond donors (Lipinski definition) is 3. The molecule has 1 unspecified atom stereocenters. The summed E-state index contributed by atoms with van der Waals surface area (Å²) in [5.74, 6) is -1.45. The summed E-state index contributed by atoms with van der Waals surface area (Å²) >= 11 is 14.8. The number of Topliss-reactive ketones (excluding diaryl/α,β-unsaturated/α-hetero) is 1. The number of pyridine rings is 1. The molecule has 3 aliphatic rings. The van der Waals surface area contributed by atoms with Crippen LogP contribution in [0.5, 0.6) is 11.5 Å². The maximum Gasteiger partial charge on any atom is 0.349 e. The summed E-state index contributed by atoms with van der Waals surface area (Å²) in [6.45, 7) is 5.13. The lowest BCUT2D eigenvalue weighted by molar-refractivity contribution is -0.946. The standard InChI is InChI=1S/C26H30NO4S2.C22H14Cl2FN3O3.BrH/c28-25(26(29,23-9-4-17-32-23)24-10-5-18-33-24)31-22-19-27(14-11-20(22)12-15-27)13-6-16-30-21-7-2-1-3-8-21;23-17-8-26-9-18(24)20(17)27-22(31)21(30)16-11-28(10-12-1-3-13(25)4-2-12)19-6-5-14(29)7-15(16)19;/h1-5,7-10,17-18,20,22,29H,6,11-16,19H2;1-9,11,29H,10H2,(H,26,27,31);1H/q+1;;/p-1. The number of nitrogens with zero attached hydrogens (tertiary/aromatic N) is 3. The van der Waals surface area contributed by atoms with Gasteiger partial charge < -0.3 is 51.0 Å². The molecule has 65 heavy (non-hydrogen) atoms. The Hall–Kier alpha value is -5.13. The van der Waals surface area contributed by atoms with E-state index < -0.39 is 23.3 Å². The molecule has 1 amide bonds. The molecule has 17 heteroatoms. The molecule has 0 aliphatic carbocycles. The van der Waals surface area contributed by atoms with Crippen molar-refractivity contribution in [3.05, 3.63) is 163 Å². The quantitative estimate of drug-likeness (QED) is 0.0359. The number of phenolic OH excluding ortho intramolecular Hbond substituents is 1. The second kappa shape index (κ2) is 21.0. The van der Waals surface area contributed by atoms with E-state index in [0.29, 0.717) is 39.7 Å². The predicted octanol–water partition coefficient (Wildman–Crippen LogP) is 6.73. The average Bonchev–Trinajstić information content (AvgIpc) is 4.12. The number of ketones is 1. The van der Waals surface area contributed by atoms with Crippen LogP contribution in [0.3, 0.4) is 0 Å². The number of aromatic nitrogens is 2. The Morgan fingerprint density at radius 2 is 1.57 bits per heavy atom. The van der Waals surface area contributed by atoms with Crippen molar-refractivity contribution in [2.75, 3.05) is 38.1 Å². The van der Waals surface area contributed by atoms with Crippen molar-refractivity contribution >= 4 is 80.1 Å². The minimum atomic E-state index is -1.73. The van der Waals surface area contributed by atoms with E-state index in [9.17, 15) is 29.0 Å². The number of thiophene rings is 2. The van der Waals surface area contributed by atoms with Gasteiger partial charge in [-0.15, -0.1) is 22.7 Å². The van der Waals surface area contributed by atoms with Gasteiger partial charge in [-0.05, 0) is 70.9 Å². The fourth-order valence-corrected chi connectivity index (χ4v) is 10.7. The number of piperidine rings is 3. The Bertz CT molecular complexity index is 2680. The lowest BCUT2D eigenvalue weighted by atomic mass is 9.83. The highest BCUT2D eigenvalue weighted by atomic mass is 79.9. The zero-order chi connectivity index (χ0) is 44.8. The molecular formula is C48H44BrCl2FN4O7S2. The van der Waals surface area contributed by atoms with Crippen LogP contribution in [0.2, 0.25) is 10.0 Å². The molecule has 3 N–H and O–H groups in total. The van der Waals surface area contributed by atoms with Gasteiger partial charge in [0.05, 0.1) is 57.3 Å². The number of halogens is 4. The van der Waals surface area contributed by atoms with E-state index in [1.165, 1.54) is 65.5 Å². The number of quaternary nitrogens is 1. The van der Waals surface area contributed by atoms with Gasteiger partial charge in [0.2, 0.25) is 5.60 Å². The van der Waals surface area contributed by atoms with Crippen LogP contribution in [-0.4, -0.2) is 80.8 Å². The Morgan fingerprint density at radius 1 is 0.908 bits per heavy atom. The molecule has 0 saturated carbocycles. The number of carbonyl (C=O) groups is 3. The van der Waals surface area contributed by atoms with E-state index in [1.54, 1.807) is 22.8 Å². The van der Waals surface area contributed by atoms with E-state index in [1.807, 2.05) is 65.4 Å². The Morgan fingerprint density at radius 3 is 2.20 bits per heavy atom. The average molecular weight is 1020 g/mol. The third-order valence-corrected chi connectivity index (χ3v) is 14.3. The van der Waals surface area contributed by atoms with Crippen LogP contribution < -0.4 is 27.0 Å². The molecule has 338 valence electrons. The van der Waals surface area contributed by atoms with E-state index in [4.69, 9.17) is 32.7 Å². The molecule has 2 bridgehead atoms. The number of nitrogens with one attached hydrogen (secondary N) is 1. The first-order valence-electron chi connectivity index (χ1n) is 20.7. The van der Waals surface area contributed by atoms with Crippen molar-refractivity contribution < 1.29 is 59.9 Å². The van der Waals surface area contributed by atoms with Gasteiger partial charge in [0.1, 0.15) is 23.9 Å². The first-order chi connectivity index (χ1) is 30.9. The summed E-state index contributed by atoms with van der Waals surface area (Å²) < 4.78 is 27.9. The van der Waals surface area contributed by atoms with Crippen molar-refractivity contribution in [1.82, 2.24) is 9.55 Å². The number of carbonyl (C=O) groups excluding carboxylic acids is 3. The molecule has 1 atom stereocenters. The Balaban J connectivity index is 0.000000191. The second-order valence-corrected chi connectivity index (χ2v) is 18.6. The zero-order valence-electron chi connectivity index (χ0n) is 34.7. The van der Waals surface area contributed by atoms with E-state index in [2.05, 4.69) is 10.3 Å². The molecule has 7 aromatic rings. The number of para-hydroxylation sites is 1. The van der Waals surface area contributed by atoms with Crippen LogP contribution in [0.15, 0.2) is 126 Å². The Kier molecular flexibility index (Phi) is 15.5. The molecule has 3 saturated heterocycles. The summed E-state index contributed by atoms with van der Waals surface area (Å²) in [6, 6.07) is 27.7. The fraction of sp³-hybridized carbons (Fsp3) is 0.250. The van der Waals surface area contributed by atoms with Gasteiger partial charge in [0.25, 0.3) is 11.7 Å². The van der Waals surface area contributed by atoms with Gasteiger partial charge in [-0.3, -0.25) is 14.6 Å². The number of amides is 1. The van der Waals surface area contributed by atoms with Gasteiger partial charge in [-0.2, -0.15) is 0 Å². The molecule has 7 heterocycles. The minimum absolute atomic E-state index is 0. The third kappa shape index (κ3) is 10.8. The first-order valence-corrected chi connectivity index (χ1v) is 23.2. The van der Waals surface area contributed by atoms with E-state index in [-0.39, 0.29) is 55.9 Å². The lowest BCUT2D eigenvalue weighted by Crippen LogP contribution is -3.00. The number of fused-ring (bicyclic) bond motifs is 4. The normalized spacial score (nSPS) is 17.7. The number of aromatic hydroxyl groups is 1. The number of aliphatic hydroxyl groups is 1. The van der Waals surface area contributed by atoms with Crippen LogP contribution in [-0.2, 0) is 26.5 Å². The highest BCUT2D eigenvalue weighted by Gasteiger charge is 2.51. The highest BCUT2D eigenvalue weighted by Crippen LogP contribution is 2.41. The maximum absolute atomic E-state index is 13.4. The predicted molar refractivity (Wildman–Crippen MR) is 247 cm³/mol. The molecule has 4 aromatic heterocycles. The first kappa shape index (κ1) is 47.8. The molecule has 11 nitrogen and oxygen atoms in total. The number of hydrogen-bond acceptors (Lipinski definition) is 10. The van der Waals surface area contributed by atoms with Crippen molar-refractivity contribution in [2.24, 2.45) is 5.92 Å². The highest BCUT2D eigenvalue weighted by molar-refractivity contribution is 7.12. The van der Waals surface area contributed by atoms with Gasteiger partial charge in [0.15, 0.2) is 6.10 Å². The van der Waals surface area contributed by atoms with Crippen molar-refractivity contribution in [3.63, 3.8) is 0 Å². The summed E-state index contributed by atoms with van der Waals surface area (Å²) in [5, 5.41) is 28.2. The van der Waals surface area contributed by atoms with Gasteiger partial charge >= 0.3 is 5.97 Å². The van der Waals surface area contributed by atoms with Crippen LogP contribution >= 0.6 is 45.9 Å². The molecule has 3 aromatic carbocycles. The number of esters is 1. The van der Waals surface area contributed by atoms with Crippen LogP contribution in [0.1, 0.15) is 44.9 Å². The smallest absolute Gasteiger partial charge is 0.349 e. The number of anilines is 1. The Labute approximate surface area is 403 Å². The SMILES string of the molecule is O=C(Nc1c(Cl)cncc1Cl)C(=O)c1cn(Cc2ccc(F)cc2)c2ccc(O)cc12.O=C(OC1C[N+]2(CCCOc3ccccc3)CCC1CC2)C(O)(c1cccs1)c1cccs1.[Br-]. The topological polar surface area (TPSA) is 140 Å². The molecular weight excluding hydrogens is 978 g/mol. The second-order valence-electron chi connectivity index (χ2n) is 15.9. The van der Waals surface area contributed by atoms with Gasteiger partial charge in [-0.25, -0.2) is 9.18 Å². The van der Waals surface area contributed by atoms with E-state index in [0.717, 1.165) is 61.2 Å².